The molecular formula is C24H24N2O2S. The molecule has 0 amide bonds. The molecule has 0 aliphatic carbocycles. The molecular weight excluding hydrogens is 380 g/mol. The van der Waals surface area contributed by atoms with Crippen LogP contribution in [-0.2, 0) is 12.3 Å². The fraction of sp³-hybridized carbons (Fsp3) is 0.208. The number of thioether (sulfide) groups is 1. The van der Waals surface area contributed by atoms with E-state index in [1.54, 1.807) is 7.11 Å². The number of rotatable bonds is 9. The molecule has 0 aliphatic rings. The largest absolute Gasteiger partial charge is 0.493 e. The third kappa shape index (κ3) is 4.74. The van der Waals surface area contributed by atoms with Gasteiger partial charge < -0.3 is 14.0 Å². The number of nitrogens with zero attached hydrogens (tertiary/aromatic N) is 2. The van der Waals surface area contributed by atoms with Gasteiger partial charge in [0.05, 0.1) is 30.5 Å². The lowest BCUT2D eigenvalue weighted by Gasteiger charge is -2.12. The Labute approximate surface area is 175 Å². The second kappa shape index (κ2) is 9.52. The molecule has 4 aromatic rings. The van der Waals surface area contributed by atoms with Crippen LogP contribution in [0.5, 0.6) is 11.5 Å². The van der Waals surface area contributed by atoms with E-state index in [4.69, 9.17) is 14.5 Å². The lowest BCUT2D eigenvalue weighted by atomic mass is 10.3. The molecule has 29 heavy (non-hydrogen) atoms. The maximum absolute atomic E-state index is 5.94. The van der Waals surface area contributed by atoms with Crippen molar-refractivity contribution in [1.82, 2.24) is 9.55 Å². The Kier molecular flexibility index (Phi) is 6.37. The van der Waals surface area contributed by atoms with Crippen LogP contribution in [0, 0.1) is 0 Å². The number of methoxy groups -OCH3 is 1. The van der Waals surface area contributed by atoms with E-state index < -0.39 is 0 Å². The maximum Gasteiger partial charge on any atom is 0.161 e. The van der Waals surface area contributed by atoms with Crippen LogP contribution in [0.15, 0.2) is 83.8 Å². The fourth-order valence-electron chi connectivity index (χ4n) is 3.29. The molecule has 0 saturated heterocycles. The standard InChI is InChI=1S/C24H24N2O2S/c1-27-22-14-7-8-15-23(22)28-17-9-16-26-21-13-6-5-12-20(21)25-24(26)18-29-19-10-3-2-4-11-19/h2-8,10-15H,9,16-18H2,1H3. The molecule has 0 bridgehead atoms. The molecule has 4 rings (SSSR count). The summed E-state index contributed by atoms with van der Waals surface area (Å²) in [4.78, 5) is 6.13. The molecule has 3 aromatic carbocycles. The molecule has 4 nitrogen and oxygen atoms in total. The lowest BCUT2D eigenvalue weighted by Crippen LogP contribution is -2.08. The first-order valence-corrected chi connectivity index (χ1v) is 10.7. The van der Waals surface area contributed by atoms with Gasteiger partial charge in [0.2, 0.25) is 0 Å². The Morgan fingerprint density at radius 3 is 2.41 bits per heavy atom. The van der Waals surface area contributed by atoms with Gasteiger partial charge in [-0.05, 0) is 42.8 Å². The number of benzene rings is 3. The Morgan fingerprint density at radius 1 is 0.862 bits per heavy atom. The highest BCUT2D eigenvalue weighted by Gasteiger charge is 2.11. The SMILES string of the molecule is COc1ccccc1OCCCn1c(CSc2ccccc2)nc2ccccc21. The normalized spacial score (nSPS) is 10.9. The fourth-order valence-corrected chi connectivity index (χ4v) is 4.16. The molecule has 1 heterocycles. The summed E-state index contributed by atoms with van der Waals surface area (Å²) < 4.78 is 13.6. The third-order valence-electron chi connectivity index (χ3n) is 4.70. The van der Waals surface area contributed by atoms with Crippen molar-refractivity contribution in [3.8, 4) is 11.5 Å². The van der Waals surface area contributed by atoms with Crippen LogP contribution in [0.3, 0.4) is 0 Å². The van der Waals surface area contributed by atoms with Crippen molar-refractivity contribution in [3.63, 3.8) is 0 Å². The van der Waals surface area contributed by atoms with Crippen molar-refractivity contribution in [2.45, 2.75) is 23.6 Å². The minimum absolute atomic E-state index is 0.623. The second-order valence-electron chi connectivity index (χ2n) is 6.62. The van der Waals surface area contributed by atoms with Crippen molar-refractivity contribution in [3.05, 3.63) is 84.7 Å². The summed E-state index contributed by atoms with van der Waals surface area (Å²) in [7, 11) is 1.66. The Balaban J connectivity index is 1.44. The van der Waals surface area contributed by atoms with Gasteiger partial charge in [-0.3, -0.25) is 0 Å². The predicted octanol–water partition coefficient (Wildman–Crippen LogP) is 5.81. The van der Waals surface area contributed by atoms with Crippen molar-refractivity contribution >= 4 is 22.8 Å². The molecule has 0 saturated carbocycles. The highest BCUT2D eigenvalue weighted by molar-refractivity contribution is 7.98. The van der Waals surface area contributed by atoms with E-state index >= 15 is 0 Å². The predicted molar refractivity (Wildman–Crippen MR) is 119 cm³/mol. The first-order valence-electron chi connectivity index (χ1n) is 9.73. The van der Waals surface area contributed by atoms with Crippen LogP contribution in [0.2, 0.25) is 0 Å². The number of aryl methyl sites for hydroxylation is 1. The van der Waals surface area contributed by atoms with Crippen LogP contribution in [-0.4, -0.2) is 23.3 Å². The average molecular weight is 405 g/mol. The zero-order valence-corrected chi connectivity index (χ0v) is 17.3. The van der Waals surface area contributed by atoms with Gasteiger partial charge >= 0.3 is 0 Å². The van der Waals surface area contributed by atoms with E-state index in [9.17, 15) is 0 Å². The molecule has 0 N–H and O–H groups in total. The van der Waals surface area contributed by atoms with Crippen molar-refractivity contribution < 1.29 is 9.47 Å². The summed E-state index contributed by atoms with van der Waals surface area (Å²) in [6.45, 7) is 1.48. The number of hydrogen-bond donors (Lipinski definition) is 0. The van der Waals surface area contributed by atoms with Crippen molar-refractivity contribution in [1.29, 1.82) is 0 Å². The van der Waals surface area contributed by atoms with Gasteiger partial charge in [0.15, 0.2) is 11.5 Å². The summed E-state index contributed by atoms with van der Waals surface area (Å²) in [5.41, 5.74) is 2.22. The Bertz CT molecular complexity index is 1060. The van der Waals surface area contributed by atoms with Crippen LogP contribution in [0.1, 0.15) is 12.2 Å². The first-order chi connectivity index (χ1) is 14.3. The summed E-state index contributed by atoms with van der Waals surface area (Å²) >= 11 is 1.81. The molecule has 0 aliphatic heterocycles. The number of aromatic nitrogens is 2. The van der Waals surface area contributed by atoms with E-state index in [0.29, 0.717) is 6.61 Å². The van der Waals surface area contributed by atoms with Gasteiger partial charge in [-0.2, -0.15) is 0 Å². The maximum atomic E-state index is 5.94. The summed E-state index contributed by atoms with van der Waals surface area (Å²) in [5, 5.41) is 0. The number of hydrogen-bond acceptors (Lipinski definition) is 4. The topological polar surface area (TPSA) is 36.3 Å². The monoisotopic (exact) mass is 404 g/mol. The van der Waals surface area contributed by atoms with Crippen molar-refractivity contribution in [2.75, 3.05) is 13.7 Å². The lowest BCUT2D eigenvalue weighted by molar-refractivity contribution is 0.283. The van der Waals surface area contributed by atoms with Crippen molar-refractivity contribution in [2.24, 2.45) is 0 Å². The first kappa shape index (κ1) is 19.4. The molecule has 0 spiro atoms. The molecule has 0 fully saturated rings. The van der Waals surface area contributed by atoms with Gasteiger partial charge in [-0.15, -0.1) is 11.8 Å². The number of para-hydroxylation sites is 4. The third-order valence-corrected chi connectivity index (χ3v) is 5.71. The van der Waals surface area contributed by atoms with E-state index in [1.807, 2.05) is 48.2 Å². The number of fused-ring (bicyclic) bond motifs is 1. The van der Waals surface area contributed by atoms with Gasteiger partial charge in [0.1, 0.15) is 5.82 Å². The van der Waals surface area contributed by atoms with Crippen LogP contribution < -0.4 is 9.47 Å². The molecule has 148 valence electrons. The Hall–Kier alpha value is -2.92. The van der Waals surface area contributed by atoms with E-state index in [1.165, 1.54) is 10.4 Å². The quantitative estimate of drug-likeness (QED) is 0.261. The highest BCUT2D eigenvalue weighted by atomic mass is 32.2. The van der Waals surface area contributed by atoms with Gasteiger partial charge in [-0.25, -0.2) is 4.98 Å². The van der Waals surface area contributed by atoms with Crippen LogP contribution in [0.4, 0.5) is 0 Å². The summed E-state index contributed by atoms with van der Waals surface area (Å²) in [6.07, 6.45) is 0.890. The molecule has 1 aromatic heterocycles. The van der Waals surface area contributed by atoms with E-state index in [-0.39, 0.29) is 0 Å². The smallest absolute Gasteiger partial charge is 0.161 e. The van der Waals surface area contributed by atoms with E-state index in [0.717, 1.165) is 41.6 Å². The average Bonchev–Trinajstić information content (AvgIpc) is 3.14. The molecule has 0 atom stereocenters. The number of imidazole rings is 1. The van der Waals surface area contributed by atoms with E-state index in [2.05, 4.69) is 47.0 Å². The zero-order chi connectivity index (χ0) is 19.9. The van der Waals surface area contributed by atoms with Crippen LogP contribution >= 0.6 is 11.8 Å². The summed E-state index contributed by atoms with van der Waals surface area (Å²) in [5.74, 6) is 3.48. The minimum Gasteiger partial charge on any atom is -0.493 e. The van der Waals surface area contributed by atoms with Crippen LogP contribution in [0.25, 0.3) is 11.0 Å². The summed E-state index contributed by atoms with van der Waals surface area (Å²) in [6, 6.07) is 26.5. The second-order valence-corrected chi connectivity index (χ2v) is 7.67. The zero-order valence-electron chi connectivity index (χ0n) is 16.5. The Morgan fingerprint density at radius 2 is 1.59 bits per heavy atom. The molecule has 0 unspecified atom stereocenters. The number of ether oxygens (including phenoxy) is 2. The molecule has 5 heteroatoms. The van der Waals surface area contributed by atoms with Gasteiger partial charge in [-0.1, -0.05) is 42.5 Å². The minimum atomic E-state index is 0.623. The highest BCUT2D eigenvalue weighted by Crippen LogP contribution is 2.27. The molecule has 0 radical (unpaired) electrons. The van der Waals surface area contributed by atoms with Gasteiger partial charge in [0, 0.05) is 11.4 Å². The van der Waals surface area contributed by atoms with Gasteiger partial charge in [0.25, 0.3) is 0 Å².